The molecular formula is C13H10BrClN2O. The SMILES string of the molecule is CN(C(=O)c1cc(Cl)cc(Br)c1)c1ccncc1. The molecule has 1 aromatic carbocycles. The Hall–Kier alpha value is -1.39. The number of rotatable bonds is 2. The number of halogens is 2. The zero-order valence-corrected chi connectivity index (χ0v) is 11.9. The van der Waals surface area contributed by atoms with E-state index in [1.807, 2.05) is 0 Å². The second-order valence-corrected chi connectivity index (χ2v) is 5.08. The lowest BCUT2D eigenvalue weighted by atomic mass is 10.2. The predicted molar refractivity (Wildman–Crippen MR) is 76.1 cm³/mol. The van der Waals surface area contributed by atoms with Crippen LogP contribution in [0, 0.1) is 0 Å². The first-order chi connectivity index (χ1) is 8.58. The topological polar surface area (TPSA) is 33.2 Å². The van der Waals surface area contributed by atoms with Gasteiger partial charge in [0.2, 0.25) is 0 Å². The van der Waals surface area contributed by atoms with Crippen LogP contribution in [0.2, 0.25) is 5.02 Å². The van der Waals surface area contributed by atoms with Gasteiger partial charge in [-0.05, 0) is 30.3 Å². The number of hydrogen-bond donors (Lipinski definition) is 0. The molecule has 0 aliphatic rings. The summed E-state index contributed by atoms with van der Waals surface area (Å²) in [5.41, 5.74) is 1.32. The molecule has 2 rings (SSSR count). The van der Waals surface area contributed by atoms with E-state index in [-0.39, 0.29) is 5.91 Å². The summed E-state index contributed by atoms with van der Waals surface area (Å²) < 4.78 is 0.779. The van der Waals surface area contributed by atoms with E-state index < -0.39 is 0 Å². The number of hydrogen-bond acceptors (Lipinski definition) is 2. The van der Waals surface area contributed by atoms with Crippen LogP contribution < -0.4 is 4.90 Å². The molecule has 0 atom stereocenters. The van der Waals surface area contributed by atoms with Crippen LogP contribution in [0.3, 0.4) is 0 Å². The van der Waals surface area contributed by atoms with E-state index in [2.05, 4.69) is 20.9 Å². The molecule has 1 aromatic heterocycles. The van der Waals surface area contributed by atoms with Crippen LogP contribution in [0.1, 0.15) is 10.4 Å². The van der Waals surface area contributed by atoms with E-state index >= 15 is 0 Å². The number of carbonyl (C=O) groups excluding carboxylic acids is 1. The molecule has 0 saturated heterocycles. The highest BCUT2D eigenvalue weighted by Crippen LogP contribution is 2.22. The van der Waals surface area contributed by atoms with E-state index in [9.17, 15) is 4.79 Å². The molecule has 5 heteroatoms. The van der Waals surface area contributed by atoms with Crippen molar-refractivity contribution in [1.29, 1.82) is 0 Å². The quantitative estimate of drug-likeness (QED) is 0.842. The van der Waals surface area contributed by atoms with Crippen molar-refractivity contribution in [3.63, 3.8) is 0 Å². The molecule has 18 heavy (non-hydrogen) atoms. The minimum atomic E-state index is -0.121. The van der Waals surface area contributed by atoms with Gasteiger partial charge in [-0.25, -0.2) is 0 Å². The smallest absolute Gasteiger partial charge is 0.258 e. The fourth-order valence-corrected chi connectivity index (χ4v) is 2.42. The van der Waals surface area contributed by atoms with Gasteiger partial charge in [0.15, 0.2) is 0 Å². The van der Waals surface area contributed by atoms with Crippen molar-refractivity contribution in [1.82, 2.24) is 4.98 Å². The molecule has 0 N–H and O–H groups in total. The van der Waals surface area contributed by atoms with Crippen LogP contribution in [-0.2, 0) is 0 Å². The fraction of sp³-hybridized carbons (Fsp3) is 0.0769. The van der Waals surface area contributed by atoms with Gasteiger partial charge in [0.1, 0.15) is 0 Å². The number of pyridine rings is 1. The summed E-state index contributed by atoms with van der Waals surface area (Å²) in [7, 11) is 1.71. The van der Waals surface area contributed by atoms with Crippen molar-refractivity contribution < 1.29 is 4.79 Å². The summed E-state index contributed by atoms with van der Waals surface area (Å²) in [6.07, 6.45) is 3.29. The highest BCUT2D eigenvalue weighted by atomic mass is 79.9. The van der Waals surface area contributed by atoms with Crippen molar-refractivity contribution in [3.8, 4) is 0 Å². The Kier molecular flexibility index (Phi) is 3.99. The maximum Gasteiger partial charge on any atom is 0.258 e. The lowest BCUT2D eigenvalue weighted by Gasteiger charge is -2.17. The Morgan fingerprint density at radius 1 is 1.28 bits per heavy atom. The lowest BCUT2D eigenvalue weighted by molar-refractivity contribution is 0.0993. The highest BCUT2D eigenvalue weighted by molar-refractivity contribution is 9.10. The van der Waals surface area contributed by atoms with E-state index in [1.54, 1.807) is 54.7 Å². The van der Waals surface area contributed by atoms with Gasteiger partial charge in [0.05, 0.1) is 0 Å². The molecule has 1 amide bonds. The van der Waals surface area contributed by atoms with Gasteiger partial charge in [-0.15, -0.1) is 0 Å². The van der Waals surface area contributed by atoms with Gasteiger partial charge in [-0.3, -0.25) is 9.78 Å². The van der Waals surface area contributed by atoms with Gasteiger partial charge >= 0.3 is 0 Å². The molecule has 0 spiro atoms. The molecule has 1 heterocycles. The molecule has 0 saturated carbocycles. The average molecular weight is 326 g/mol. The third-order valence-corrected chi connectivity index (χ3v) is 3.14. The Bertz CT molecular complexity index is 554. The fourth-order valence-electron chi connectivity index (χ4n) is 1.56. The molecule has 92 valence electrons. The number of anilines is 1. The van der Waals surface area contributed by atoms with Gasteiger partial charge in [0.25, 0.3) is 5.91 Å². The zero-order valence-electron chi connectivity index (χ0n) is 9.60. The summed E-state index contributed by atoms with van der Waals surface area (Å²) in [5, 5.41) is 0.524. The maximum absolute atomic E-state index is 12.3. The molecule has 0 aliphatic carbocycles. The number of amides is 1. The van der Waals surface area contributed by atoms with Crippen LogP contribution in [0.25, 0.3) is 0 Å². The summed E-state index contributed by atoms with van der Waals surface area (Å²) in [5.74, 6) is -0.121. The Morgan fingerprint density at radius 2 is 1.94 bits per heavy atom. The number of nitrogens with zero attached hydrogens (tertiary/aromatic N) is 2. The van der Waals surface area contributed by atoms with E-state index in [4.69, 9.17) is 11.6 Å². The van der Waals surface area contributed by atoms with E-state index in [0.717, 1.165) is 10.2 Å². The van der Waals surface area contributed by atoms with Crippen molar-refractivity contribution in [2.45, 2.75) is 0 Å². The van der Waals surface area contributed by atoms with Crippen LogP contribution in [0.4, 0.5) is 5.69 Å². The summed E-state index contributed by atoms with van der Waals surface area (Å²) >= 11 is 9.26. The minimum Gasteiger partial charge on any atom is -0.311 e. The molecule has 0 radical (unpaired) electrons. The van der Waals surface area contributed by atoms with Gasteiger partial charge in [-0.2, -0.15) is 0 Å². The first kappa shape index (κ1) is 13.1. The van der Waals surface area contributed by atoms with Crippen LogP contribution in [-0.4, -0.2) is 17.9 Å². The third-order valence-electron chi connectivity index (χ3n) is 2.46. The molecule has 3 nitrogen and oxygen atoms in total. The summed E-state index contributed by atoms with van der Waals surface area (Å²) in [6, 6.07) is 8.68. The summed E-state index contributed by atoms with van der Waals surface area (Å²) in [6.45, 7) is 0. The molecular weight excluding hydrogens is 316 g/mol. The van der Waals surface area contributed by atoms with Gasteiger partial charge in [-0.1, -0.05) is 27.5 Å². The van der Waals surface area contributed by atoms with Crippen molar-refractivity contribution >= 4 is 39.1 Å². The molecule has 0 fully saturated rings. The maximum atomic E-state index is 12.3. The Morgan fingerprint density at radius 3 is 2.56 bits per heavy atom. The average Bonchev–Trinajstić information content (AvgIpc) is 2.37. The van der Waals surface area contributed by atoms with Crippen LogP contribution in [0.5, 0.6) is 0 Å². The zero-order chi connectivity index (χ0) is 13.1. The van der Waals surface area contributed by atoms with Gasteiger partial charge < -0.3 is 4.90 Å². The number of aromatic nitrogens is 1. The number of carbonyl (C=O) groups is 1. The standard InChI is InChI=1S/C13H10BrClN2O/c1-17(12-2-4-16-5-3-12)13(18)9-6-10(14)8-11(15)7-9/h2-8H,1H3. The second-order valence-electron chi connectivity index (χ2n) is 3.73. The Balaban J connectivity index is 2.31. The minimum absolute atomic E-state index is 0.121. The molecule has 0 aliphatic heterocycles. The molecule has 2 aromatic rings. The largest absolute Gasteiger partial charge is 0.311 e. The van der Waals surface area contributed by atoms with Crippen molar-refractivity contribution in [3.05, 3.63) is 57.8 Å². The first-order valence-electron chi connectivity index (χ1n) is 5.22. The lowest BCUT2D eigenvalue weighted by Crippen LogP contribution is -2.26. The first-order valence-corrected chi connectivity index (χ1v) is 6.39. The monoisotopic (exact) mass is 324 g/mol. The second kappa shape index (κ2) is 5.50. The highest BCUT2D eigenvalue weighted by Gasteiger charge is 2.14. The van der Waals surface area contributed by atoms with E-state index in [1.165, 1.54) is 0 Å². The van der Waals surface area contributed by atoms with E-state index in [0.29, 0.717) is 10.6 Å². The van der Waals surface area contributed by atoms with Crippen LogP contribution >= 0.6 is 27.5 Å². The van der Waals surface area contributed by atoms with Crippen molar-refractivity contribution in [2.75, 3.05) is 11.9 Å². The van der Waals surface area contributed by atoms with Crippen molar-refractivity contribution in [2.24, 2.45) is 0 Å². The predicted octanol–water partition coefficient (Wildman–Crippen LogP) is 3.77. The van der Waals surface area contributed by atoms with Gasteiger partial charge in [0, 0.05) is 40.2 Å². The summed E-state index contributed by atoms with van der Waals surface area (Å²) in [4.78, 5) is 17.8. The van der Waals surface area contributed by atoms with Crippen LogP contribution in [0.15, 0.2) is 47.2 Å². The normalized spacial score (nSPS) is 10.2. The third kappa shape index (κ3) is 2.89. The molecule has 0 bridgehead atoms. The Labute approximate surface area is 119 Å². The number of benzene rings is 1. The molecule has 0 unspecified atom stereocenters.